The van der Waals surface area contributed by atoms with Crippen LogP contribution in [0.2, 0.25) is 4.34 Å². The average Bonchev–Trinajstić information content (AvgIpc) is 2.83. The fraction of sp³-hybridized carbons (Fsp3) is 0.500. The normalized spacial score (nSPS) is 15.5. The molecule has 1 aliphatic heterocycles. The molecule has 2 rings (SSSR count). The highest BCUT2D eigenvalue weighted by atomic mass is 35.5. The Labute approximate surface area is 120 Å². The maximum atomic E-state index is 12.1. The van der Waals surface area contributed by atoms with Gasteiger partial charge in [-0.05, 0) is 12.1 Å². The average molecular weight is 303 g/mol. The van der Waals surface area contributed by atoms with E-state index in [0.29, 0.717) is 36.9 Å². The zero-order chi connectivity index (χ0) is 13.8. The predicted molar refractivity (Wildman–Crippen MR) is 73.6 cm³/mol. The van der Waals surface area contributed by atoms with Gasteiger partial charge in [0, 0.05) is 31.1 Å². The maximum Gasteiger partial charge on any atom is 0.409 e. The highest BCUT2D eigenvalue weighted by Gasteiger charge is 2.24. The smallest absolute Gasteiger partial charge is 0.409 e. The van der Waals surface area contributed by atoms with E-state index >= 15 is 0 Å². The highest BCUT2D eigenvalue weighted by Crippen LogP contribution is 2.22. The van der Waals surface area contributed by atoms with Crippen LogP contribution in [0.3, 0.4) is 0 Å². The first-order chi connectivity index (χ1) is 9.10. The van der Waals surface area contributed by atoms with Crippen LogP contribution in [0.15, 0.2) is 12.1 Å². The summed E-state index contributed by atoms with van der Waals surface area (Å²) in [5.41, 5.74) is 0. The fourth-order valence-electron chi connectivity index (χ4n) is 1.98. The predicted octanol–water partition coefficient (Wildman–Crippen LogP) is 1.85. The Morgan fingerprint density at radius 2 is 1.89 bits per heavy atom. The number of nitrogens with zero attached hydrogens (tertiary/aromatic N) is 2. The SMILES string of the molecule is COC(=O)N1CCN(C(=O)Cc2ccc(Cl)s2)CC1. The molecule has 0 atom stereocenters. The molecule has 1 aromatic rings. The second-order valence-corrected chi connectivity index (χ2v) is 6.02. The second-order valence-electron chi connectivity index (χ2n) is 4.22. The number of piperazine rings is 1. The largest absolute Gasteiger partial charge is 0.453 e. The van der Waals surface area contributed by atoms with Gasteiger partial charge in [-0.2, -0.15) is 0 Å². The van der Waals surface area contributed by atoms with Gasteiger partial charge in [-0.3, -0.25) is 4.79 Å². The molecule has 2 amide bonds. The van der Waals surface area contributed by atoms with Crippen molar-refractivity contribution in [2.75, 3.05) is 33.3 Å². The Bertz CT molecular complexity index is 469. The number of amides is 2. The number of thiophene rings is 1. The van der Waals surface area contributed by atoms with E-state index in [1.165, 1.54) is 18.4 Å². The molecule has 1 aliphatic rings. The summed E-state index contributed by atoms with van der Waals surface area (Å²) in [5.74, 6) is 0.0723. The molecule has 104 valence electrons. The van der Waals surface area contributed by atoms with E-state index in [1.807, 2.05) is 6.07 Å². The Kier molecular flexibility index (Phi) is 4.66. The number of carbonyl (C=O) groups excluding carboxylic acids is 2. The lowest BCUT2D eigenvalue weighted by Crippen LogP contribution is -2.50. The Morgan fingerprint density at radius 1 is 1.26 bits per heavy atom. The van der Waals surface area contributed by atoms with Crippen LogP contribution in [0.5, 0.6) is 0 Å². The van der Waals surface area contributed by atoms with Crippen LogP contribution in [0, 0.1) is 0 Å². The van der Waals surface area contributed by atoms with Gasteiger partial charge < -0.3 is 14.5 Å². The van der Waals surface area contributed by atoms with Crippen molar-refractivity contribution in [1.82, 2.24) is 9.80 Å². The summed E-state index contributed by atoms with van der Waals surface area (Å²) in [7, 11) is 1.36. The summed E-state index contributed by atoms with van der Waals surface area (Å²) in [6, 6.07) is 3.67. The van der Waals surface area contributed by atoms with Crippen molar-refractivity contribution in [1.29, 1.82) is 0 Å². The topological polar surface area (TPSA) is 49.9 Å². The number of hydrogen-bond donors (Lipinski definition) is 0. The first-order valence-corrected chi connectivity index (χ1v) is 7.14. The third-order valence-electron chi connectivity index (χ3n) is 3.02. The number of rotatable bonds is 2. The van der Waals surface area contributed by atoms with E-state index in [-0.39, 0.29) is 12.0 Å². The molecule has 0 aromatic carbocycles. The lowest BCUT2D eigenvalue weighted by atomic mass is 10.2. The monoisotopic (exact) mass is 302 g/mol. The Morgan fingerprint density at radius 3 is 2.42 bits per heavy atom. The molecule has 19 heavy (non-hydrogen) atoms. The van der Waals surface area contributed by atoms with Crippen LogP contribution in [-0.2, 0) is 16.0 Å². The summed E-state index contributed by atoms with van der Waals surface area (Å²) < 4.78 is 5.35. The lowest BCUT2D eigenvalue weighted by molar-refractivity contribution is -0.131. The lowest BCUT2D eigenvalue weighted by Gasteiger charge is -2.33. The summed E-state index contributed by atoms with van der Waals surface area (Å²) in [4.78, 5) is 27.7. The molecular formula is C12H15ClN2O3S. The fourth-order valence-corrected chi connectivity index (χ4v) is 3.05. The number of methoxy groups -OCH3 is 1. The van der Waals surface area contributed by atoms with Crippen LogP contribution in [-0.4, -0.2) is 55.1 Å². The van der Waals surface area contributed by atoms with E-state index in [1.54, 1.807) is 15.9 Å². The van der Waals surface area contributed by atoms with Crippen LogP contribution in [0.4, 0.5) is 4.79 Å². The molecule has 2 heterocycles. The Balaban J connectivity index is 1.84. The number of carbonyl (C=O) groups is 2. The number of ether oxygens (including phenoxy) is 1. The van der Waals surface area contributed by atoms with Gasteiger partial charge in [0.15, 0.2) is 0 Å². The van der Waals surface area contributed by atoms with Gasteiger partial charge in [0.05, 0.1) is 17.9 Å². The number of hydrogen-bond acceptors (Lipinski definition) is 4. The molecule has 0 N–H and O–H groups in total. The summed E-state index contributed by atoms with van der Waals surface area (Å²) in [6.07, 6.45) is 0.0347. The molecule has 1 aromatic heterocycles. The third-order valence-corrected chi connectivity index (χ3v) is 4.25. The summed E-state index contributed by atoms with van der Waals surface area (Å²) >= 11 is 7.26. The summed E-state index contributed by atoms with van der Waals surface area (Å²) in [6.45, 7) is 2.13. The molecule has 5 nitrogen and oxygen atoms in total. The molecule has 0 saturated carbocycles. The van der Waals surface area contributed by atoms with Crippen molar-refractivity contribution < 1.29 is 14.3 Å². The summed E-state index contributed by atoms with van der Waals surface area (Å²) in [5, 5.41) is 0. The molecule has 1 fully saturated rings. The van der Waals surface area contributed by atoms with E-state index in [4.69, 9.17) is 11.6 Å². The highest BCUT2D eigenvalue weighted by molar-refractivity contribution is 7.16. The van der Waals surface area contributed by atoms with Crippen LogP contribution in [0.25, 0.3) is 0 Å². The minimum absolute atomic E-state index is 0.0723. The van der Waals surface area contributed by atoms with Crippen molar-refractivity contribution in [2.45, 2.75) is 6.42 Å². The maximum absolute atomic E-state index is 12.1. The minimum atomic E-state index is -0.336. The van der Waals surface area contributed by atoms with Gasteiger partial charge in [0.2, 0.25) is 5.91 Å². The van der Waals surface area contributed by atoms with E-state index in [9.17, 15) is 9.59 Å². The molecule has 0 bridgehead atoms. The van der Waals surface area contributed by atoms with Gasteiger partial charge in [-0.1, -0.05) is 11.6 Å². The zero-order valence-corrected chi connectivity index (χ0v) is 12.2. The molecular weight excluding hydrogens is 288 g/mol. The Hall–Kier alpha value is -1.27. The van der Waals surface area contributed by atoms with Gasteiger partial charge in [0.1, 0.15) is 0 Å². The molecule has 0 spiro atoms. The number of halogens is 1. The minimum Gasteiger partial charge on any atom is -0.453 e. The second kappa shape index (κ2) is 6.25. The van der Waals surface area contributed by atoms with Crippen molar-refractivity contribution in [2.24, 2.45) is 0 Å². The standard InChI is InChI=1S/C12H15ClN2O3S/c1-18-12(17)15-6-4-14(5-7-15)11(16)8-9-2-3-10(13)19-9/h2-3H,4-8H2,1H3. The van der Waals surface area contributed by atoms with Crippen LogP contribution >= 0.6 is 22.9 Å². The first kappa shape index (κ1) is 14.1. The van der Waals surface area contributed by atoms with Crippen LogP contribution < -0.4 is 0 Å². The zero-order valence-electron chi connectivity index (χ0n) is 10.6. The molecule has 1 saturated heterocycles. The molecule has 0 unspecified atom stereocenters. The van der Waals surface area contributed by atoms with Gasteiger partial charge in [-0.15, -0.1) is 11.3 Å². The van der Waals surface area contributed by atoms with Crippen molar-refractivity contribution in [3.63, 3.8) is 0 Å². The van der Waals surface area contributed by atoms with E-state index in [0.717, 1.165) is 4.88 Å². The quantitative estimate of drug-likeness (QED) is 0.838. The van der Waals surface area contributed by atoms with Crippen molar-refractivity contribution in [3.8, 4) is 0 Å². The molecule has 7 heteroatoms. The van der Waals surface area contributed by atoms with Gasteiger partial charge in [-0.25, -0.2) is 4.79 Å². The van der Waals surface area contributed by atoms with Crippen molar-refractivity contribution >= 4 is 34.9 Å². The van der Waals surface area contributed by atoms with Crippen molar-refractivity contribution in [3.05, 3.63) is 21.3 Å². The molecule has 0 radical (unpaired) electrons. The van der Waals surface area contributed by atoms with Crippen LogP contribution in [0.1, 0.15) is 4.88 Å². The van der Waals surface area contributed by atoms with E-state index in [2.05, 4.69) is 4.74 Å². The molecule has 0 aliphatic carbocycles. The third kappa shape index (κ3) is 3.61. The van der Waals surface area contributed by atoms with Gasteiger partial charge >= 0.3 is 6.09 Å². The van der Waals surface area contributed by atoms with E-state index < -0.39 is 0 Å². The van der Waals surface area contributed by atoms with Gasteiger partial charge in [0.25, 0.3) is 0 Å². The first-order valence-electron chi connectivity index (χ1n) is 5.95.